The van der Waals surface area contributed by atoms with Crippen LogP contribution in [-0.2, 0) is 9.53 Å². The van der Waals surface area contributed by atoms with Gasteiger partial charge in [0.2, 0.25) is 5.91 Å². The van der Waals surface area contributed by atoms with Crippen molar-refractivity contribution in [2.75, 3.05) is 39.3 Å². The summed E-state index contributed by atoms with van der Waals surface area (Å²) in [6.07, 6.45) is 11.4. The highest BCUT2D eigenvalue weighted by Crippen LogP contribution is 2.30. The molecule has 0 radical (unpaired) electrons. The second-order valence-electron chi connectivity index (χ2n) is 6.40. The van der Waals surface area contributed by atoms with E-state index in [2.05, 4.69) is 38.5 Å². The number of likely N-dealkylation sites (N-methyl/N-ethyl adjacent to an activating group) is 1. The number of rotatable bonds is 4. The van der Waals surface area contributed by atoms with Gasteiger partial charge in [-0.3, -0.25) is 4.79 Å². The predicted molar refractivity (Wildman–Crippen MR) is 86.0 cm³/mol. The summed E-state index contributed by atoms with van der Waals surface area (Å²) >= 11 is 0. The van der Waals surface area contributed by atoms with E-state index in [4.69, 9.17) is 4.74 Å². The number of piperidine rings is 1. The van der Waals surface area contributed by atoms with E-state index in [0.29, 0.717) is 0 Å². The molecular formula is C17H30N2O2. The molecule has 2 aliphatic heterocycles. The number of ether oxygens (including phenoxy) is 1. The van der Waals surface area contributed by atoms with Crippen molar-refractivity contribution in [3.8, 4) is 12.8 Å². The summed E-state index contributed by atoms with van der Waals surface area (Å²) in [5.74, 6) is 0.922. The summed E-state index contributed by atoms with van der Waals surface area (Å²) in [5, 5.41) is 0. The lowest BCUT2D eigenvalue weighted by atomic mass is 9.89. The maximum atomic E-state index is 11.7. The van der Waals surface area contributed by atoms with E-state index in [-0.39, 0.29) is 18.1 Å². The van der Waals surface area contributed by atoms with Crippen LogP contribution in [0.4, 0.5) is 0 Å². The Hall–Kier alpha value is -1.05. The highest BCUT2D eigenvalue weighted by atomic mass is 16.5. The van der Waals surface area contributed by atoms with Gasteiger partial charge in [-0.2, -0.15) is 0 Å². The molecule has 4 nitrogen and oxygen atoms in total. The fourth-order valence-electron chi connectivity index (χ4n) is 3.00. The van der Waals surface area contributed by atoms with Crippen LogP contribution in [0.5, 0.6) is 0 Å². The van der Waals surface area contributed by atoms with Crippen molar-refractivity contribution in [2.45, 2.75) is 45.6 Å². The lowest BCUT2D eigenvalue weighted by Crippen LogP contribution is -2.58. The van der Waals surface area contributed by atoms with Gasteiger partial charge in [0.1, 0.15) is 6.61 Å². The van der Waals surface area contributed by atoms with Crippen molar-refractivity contribution in [1.82, 2.24) is 9.80 Å². The van der Waals surface area contributed by atoms with Gasteiger partial charge in [0.25, 0.3) is 0 Å². The summed E-state index contributed by atoms with van der Waals surface area (Å²) in [4.78, 5) is 16.2. The number of amides is 1. The van der Waals surface area contributed by atoms with Crippen LogP contribution in [0.15, 0.2) is 0 Å². The molecule has 0 aromatic heterocycles. The van der Waals surface area contributed by atoms with Gasteiger partial charge in [0.05, 0.1) is 5.60 Å². The molecule has 2 rings (SSSR count). The molecular weight excluding hydrogens is 264 g/mol. The van der Waals surface area contributed by atoms with E-state index >= 15 is 0 Å². The van der Waals surface area contributed by atoms with Gasteiger partial charge >= 0.3 is 0 Å². The minimum Gasteiger partial charge on any atom is -0.363 e. The highest BCUT2D eigenvalue weighted by molar-refractivity contribution is 5.78. The molecule has 4 heteroatoms. The number of carbonyl (C=O) groups is 1. The highest BCUT2D eigenvalue weighted by Gasteiger charge is 2.41. The minimum atomic E-state index is -0.0573. The molecule has 2 aliphatic rings. The summed E-state index contributed by atoms with van der Waals surface area (Å²) in [6, 6.07) is 0. The van der Waals surface area contributed by atoms with Gasteiger partial charge in [-0.05, 0) is 38.6 Å². The Balaban J connectivity index is 0.00000106. The Labute approximate surface area is 129 Å². The van der Waals surface area contributed by atoms with E-state index in [0.717, 1.165) is 44.9 Å². The van der Waals surface area contributed by atoms with Crippen molar-refractivity contribution >= 4 is 5.91 Å². The molecule has 0 N–H and O–H groups in total. The summed E-state index contributed by atoms with van der Waals surface area (Å²) in [5.41, 5.74) is -0.0573. The molecule has 1 spiro atoms. The van der Waals surface area contributed by atoms with Gasteiger partial charge in [0, 0.05) is 26.2 Å². The normalized spacial score (nSPS) is 22.2. The van der Waals surface area contributed by atoms with E-state index in [1.54, 1.807) is 0 Å². The third kappa shape index (κ3) is 5.01. The number of hydrogen-bond acceptors (Lipinski definition) is 3. The van der Waals surface area contributed by atoms with Crippen molar-refractivity contribution in [3.05, 3.63) is 0 Å². The number of nitrogens with zero attached hydrogens (tertiary/aromatic N) is 2. The Kier molecular flexibility index (Phi) is 7.21. The van der Waals surface area contributed by atoms with Gasteiger partial charge < -0.3 is 14.5 Å². The molecule has 2 fully saturated rings. The van der Waals surface area contributed by atoms with Crippen molar-refractivity contribution in [3.63, 3.8) is 0 Å². The lowest BCUT2D eigenvalue weighted by Gasteiger charge is -2.47. The standard InChI is InChI=1S/C15H28N2O2.C2H2/c1-4-17-12-15(19-11-14(17)18)6-9-16(10-7-15)8-5-13(2)3;1-2/h13H,4-12H2,1-3H3;1-2H. The Morgan fingerprint density at radius 2 is 1.90 bits per heavy atom. The molecule has 0 atom stereocenters. The summed E-state index contributed by atoms with van der Waals surface area (Å²) in [7, 11) is 0. The van der Waals surface area contributed by atoms with E-state index < -0.39 is 0 Å². The van der Waals surface area contributed by atoms with Crippen LogP contribution in [0.1, 0.15) is 40.0 Å². The second-order valence-corrected chi connectivity index (χ2v) is 6.40. The van der Waals surface area contributed by atoms with Crippen molar-refractivity contribution in [2.24, 2.45) is 5.92 Å². The van der Waals surface area contributed by atoms with Gasteiger partial charge in [-0.25, -0.2) is 0 Å². The van der Waals surface area contributed by atoms with Gasteiger partial charge in [0.15, 0.2) is 0 Å². The molecule has 120 valence electrons. The number of terminal acetylenes is 1. The third-order valence-corrected chi connectivity index (χ3v) is 4.51. The molecule has 0 bridgehead atoms. The SMILES string of the molecule is C#C.CCN1CC2(CCN(CCC(C)C)CC2)OCC1=O. The molecule has 2 saturated heterocycles. The van der Waals surface area contributed by atoms with Gasteiger partial charge in [-0.1, -0.05) is 13.8 Å². The molecule has 0 aromatic carbocycles. The zero-order chi connectivity index (χ0) is 15.9. The number of morpholine rings is 1. The zero-order valence-corrected chi connectivity index (χ0v) is 13.8. The molecule has 21 heavy (non-hydrogen) atoms. The number of hydrogen-bond donors (Lipinski definition) is 0. The van der Waals surface area contributed by atoms with Crippen LogP contribution in [0.25, 0.3) is 0 Å². The first kappa shape index (κ1) is 18.0. The zero-order valence-electron chi connectivity index (χ0n) is 13.8. The van der Waals surface area contributed by atoms with Crippen LogP contribution in [0.3, 0.4) is 0 Å². The first-order valence-corrected chi connectivity index (χ1v) is 8.02. The number of likely N-dealkylation sites (tertiary alicyclic amines) is 1. The fraction of sp³-hybridized carbons (Fsp3) is 0.824. The topological polar surface area (TPSA) is 32.8 Å². The maximum absolute atomic E-state index is 11.7. The van der Waals surface area contributed by atoms with E-state index in [1.807, 2.05) is 4.90 Å². The largest absolute Gasteiger partial charge is 0.363 e. The van der Waals surface area contributed by atoms with Crippen molar-refractivity contribution in [1.29, 1.82) is 0 Å². The quantitative estimate of drug-likeness (QED) is 0.744. The second kappa shape index (κ2) is 8.41. The fourth-order valence-corrected chi connectivity index (χ4v) is 3.00. The third-order valence-electron chi connectivity index (χ3n) is 4.51. The van der Waals surface area contributed by atoms with Crippen LogP contribution in [-0.4, -0.2) is 60.6 Å². The molecule has 0 saturated carbocycles. The predicted octanol–water partition coefficient (Wildman–Crippen LogP) is 2.00. The van der Waals surface area contributed by atoms with Crippen molar-refractivity contribution < 1.29 is 9.53 Å². The molecule has 0 aromatic rings. The monoisotopic (exact) mass is 294 g/mol. The van der Waals surface area contributed by atoms with E-state index in [9.17, 15) is 4.79 Å². The Morgan fingerprint density at radius 1 is 1.29 bits per heavy atom. The molecule has 1 amide bonds. The Bertz CT molecular complexity index is 344. The van der Waals surface area contributed by atoms with Gasteiger partial charge in [-0.15, -0.1) is 12.8 Å². The average molecular weight is 294 g/mol. The lowest BCUT2D eigenvalue weighted by molar-refractivity contribution is -0.171. The summed E-state index contributed by atoms with van der Waals surface area (Å²) < 4.78 is 5.91. The van der Waals surface area contributed by atoms with Crippen LogP contribution in [0, 0.1) is 18.8 Å². The minimum absolute atomic E-state index is 0.0573. The first-order valence-electron chi connectivity index (χ1n) is 8.02. The molecule has 2 heterocycles. The average Bonchev–Trinajstić information content (AvgIpc) is 2.51. The molecule has 0 aliphatic carbocycles. The maximum Gasteiger partial charge on any atom is 0.248 e. The van der Waals surface area contributed by atoms with Crippen LogP contribution in [0.2, 0.25) is 0 Å². The van der Waals surface area contributed by atoms with Crippen LogP contribution >= 0.6 is 0 Å². The molecule has 0 unspecified atom stereocenters. The summed E-state index contributed by atoms with van der Waals surface area (Å²) in [6.45, 7) is 11.9. The van der Waals surface area contributed by atoms with E-state index in [1.165, 1.54) is 13.0 Å². The Morgan fingerprint density at radius 3 is 2.43 bits per heavy atom. The smallest absolute Gasteiger partial charge is 0.248 e. The van der Waals surface area contributed by atoms with Crippen LogP contribution < -0.4 is 0 Å². The first-order chi connectivity index (χ1) is 10.0. The number of carbonyl (C=O) groups excluding carboxylic acids is 1.